The minimum absolute atomic E-state index is 0.0182. The smallest absolute Gasteiger partial charge is 0.343 e. The Kier molecular flexibility index (Phi) is 5.46. The molecular formula is C22H11Cl2NO6. The van der Waals surface area contributed by atoms with Crippen molar-refractivity contribution in [3.63, 3.8) is 0 Å². The zero-order valence-electron chi connectivity index (χ0n) is 15.5. The number of nitro benzene ring substituents is 1. The van der Waals surface area contributed by atoms with Crippen molar-refractivity contribution in [2.24, 2.45) is 0 Å². The van der Waals surface area contributed by atoms with Crippen molar-refractivity contribution in [1.29, 1.82) is 0 Å². The number of benzene rings is 3. The summed E-state index contributed by atoms with van der Waals surface area (Å²) in [7, 11) is 0. The van der Waals surface area contributed by atoms with Crippen LogP contribution in [0.25, 0.3) is 6.08 Å². The van der Waals surface area contributed by atoms with Crippen LogP contribution in [0.1, 0.15) is 26.3 Å². The first-order valence-electron chi connectivity index (χ1n) is 8.82. The molecule has 0 unspecified atom stereocenters. The molecule has 0 amide bonds. The third-order valence-corrected chi connectivity index (χ3v) is 4.96. The zero-order valence-corrected chi connectivity index (χ0v) is 17.0. The first kappa shape index (κ1) is 20.6. The molecule has 1 aliphatic heterocycles. The van der Waals surface area contributed by atoms with Gasteiger partial charge < -0.3 is 9.47 Å². The van der Waals surface area contributed by atoms with Crippen molar-refractivity contribution in [3.05, 3.63) is 103 Å². The van der Waals surface area contributed by atoms with E-state index < -0.39 is 10.9 Å². The number of Topliss-reactive ketones (excluding diaryl/α,β-unsaturated/α-hetero) is 1. The van der Waals surface area contributed by atoms with Gasteiger partial charge in [0.1, 0.15) is 11.5 Å². The number of allylic oxidation sites excluding steroid dienone is 1. The predicted molar refractivity (Wildman–Crippen MR) is 114 cm³/mol. The normalized spacial score (nSPS) is 13.6. The second kappa shape index (κ2) is 8.22. The van der Waals surface area contributed by atoms with E-state index in [0.29, 0.717) is 21.2 Å². The molecule has 1 heterocycles. The van der Waals surface area contributed by atoms with Crippen LogP contribution in [-0.4, -0.2) is 16.7 Å². The summed E-state index contributed by atoms with van der Waals surface area (Å²) in [5.74, 6) is -0.741. The maximum Gasteiger partial charge on any atom is 0.343 e. The summed E-state index contributed by atoms with van der Waals surface area (Å²) in [5, 5.41) is 11.7. The SMILES string of the molecule is O=C(Oc1ccc2c(c1)O/C(=C\c1ccc(Cl)cc1Cl)C2=O)c1cccc([N+](=O)[O-])c1. The molecule has 0 radical (unpaired) electrons. The van der Waals surface area contributed by atoms with Crippen LogP contribution in [-0.2, 0) is 0 Å². The standard InChI is InChI=1S/C22H11Cl2NO6/c23-14-5-4-12(18(24)10-14)9-20-21(26)17-7-6-16(11-19(17)31-20)30-22(27)13-2-1-3-15(8-13)25(28)29/h1-11H/b20-9-. The lowest BCUT2D eigenvalue weighted by Crippen LogP contribution is -2.08. The first-order chi connectivity index (χ1) is 14.8. The molecule has 3 aromatic rings. The van der Waals surface area contributed by atoms with Gasteiger partial charge in [0, 0.05) is 28.2 Å². The fourth-order valence-corrected chi connectivity index (χ4v) is 3.37. The number of fused-ring (bicyclic) bond motifs is 1. The Morgan fingerprint density at radius 3 is 2.61 bits per heavy atom. The summed E-state index contributed by atoms with van der Waals surface area (Å²) in [4.78, 5) is 35.2. The fraction of sp³-hybridized carbons (Fsp3) is 0. The molecule has 0 saturated heterocycles. The van der Waals surface area contributed by atoms with Gasteiger partial charge >= 0.3 is 5.97 Å². The third kappa shape index (κ3) is 4.28. The van der Waals surface area contributed by atoms with Crippen LogP contribution in [0.2, 0.25) is 10.0 Å². The van der Waals surface area contributed by atoms with Gasteiger partial charge in [-0.1, -0.05) is 35.3 Å². The maximum absolute atomic E-state index is 12.6. The van der Waals surface area contributed by atoms with E-state index in [1.807, 2.05) is 0 Å². The van der Waals surface area contributed by atoms with Crippen LogP contribution in [0.5, 0.6) is 11.5 Å². The van der Waals surface area contributed by atoms with Crippen LogP contribution >= 0.6 is 23.2 Å². The van der Waals surface area contributed by atoms with Crippen molar-refractivity contribution < 1.29 is 24.0 Å². The number of nitro groups is 1. The molecule has 31 heavy (non-hydrogen) atoms. The second-order valence-corrected chi connectivity index (χ2v) is 7.30. The Bertz CT molecular complexity index is 1280. The van der Waals surface area contributed by atoms with E-state index in [2.05, 4.69) is 0 Å². The van der Waals surface area contributed by atoms with Crippen molar-refractivity contribution in [2.75, 3.05) is 0 Å². The van der Waals surface area contributed by atoms with Crippen molar-refractivity contribution in [1.82, 2.24) is 0 Å². The van der Waals surface area contributed by atoms with Crippen molar-refractivity contribution >= 4 is 46.7 Å². The number of hydrogen-bond donors (Lipinski definition) is 0. The van der Waals surface area contributed by atoms with E-state index in [0.717, 1.165) is 6.07 Å². The van der Waals surface area contributed by atoms with Gasteiger partial charge in [-0.15, -0.1) is 0 Å². The zero-order chi connectivity index (χ0) is 22.1. The molecule has 9 heteroatoms. The highest BCUT2D eigenvalue weighted by Crippen LogP contribution is 2.36. The Balaban J connectivity index is 1.56. The maximum atomic E-state index is 12.6. The van der Waals surface area contributed by atoms with Gasteiger partial charge in [-0.25, -0.2) is 4.79 Å². The molecule has 7 nitrogen and oxygen atoms in total. The number of rotatable bonds is 4. The largest absolute Gasteiger partial charge is 0.452 e. The average molecular weight is 456 g/mol. The van der Waals surface area contributed by atoms with Crippen LogP contribution in [0.3, 0.4) is 0 Å². The number of ketones is 1. The summed E-state index contributed by atoms with van der Waals surface area (Å²) in [6, 6.07) is 14.3. The van der Waals surface area contributed by atoms with Gasteiger partial charge in [0.05, 0.1) is 16.1 Å². The van der Waals surface area contributed by atoms with E-state index >= 15 is 0 Å². The van der Waals surface area contributed by atoms with Crippen LogP contribution in [0.4, 0.5) is 5.69 Å². The molecule has 0 N–H and O–H groups in total. The number of halogens is 2. The molecule has 0 aromatic heterocycles. The minimum Gasteiger partial charge on any atom is -0.452 e. The molecule has 0 aliphatic carbocycles. The number of ether oxygens (including phenoxy) is 2. The second-order valence-electron chi connectivity index (χ2n) is 6.46. The quantitative estimate of drug-likeness (QED) is 0.163. The highest BCUT2D eigenvalue weighted by molar-refractivity contribution is 6.35. The highest BCUT2D eigenvalue weighted by atomic mass is 35.5. The van der Waals surface area contributed by atoms with Crippen molar-refractivity contribution in [3.8, 4) is 11.5 Å². The molecule has 1 aliphatic rings. The van der Waals surface area contributed by atoms with Gasteiger partial charge in [0.25, 0.3) is 5.69 Å². The van der Waals surface area contributed by atoms with Crippen molar-refractivity contribution in [2.45, 2.75) is 0 Å². The Morgan fingerprint density at radius 2 is 1.87 bits per heavy atom. The van der Waals surface area contributed by atoms with Gasteiger partial charge in [-0.05, 0) is 42.0 Å². The third-order valence-electron chi connectivity index (χ3n) is 4.39. The topological polar surface area (TPSA) is 95.7 Å². The lowest BCUT2D eigenvalue weighted by molar-refractivity contribution is -0.384. The molecule has 0 atom stereocenters. The van der Waals surface area contributed by atoms with Gasteiger partial charge in [-0.3, -0.25) is 14.9 Å². The molecular weight excluding hydrogens is 445 g/mol. The van der Waals surface area contributed by atoms with Gasteiger partial charge in [0.2, 0.25) is 5.78 Å². The lowest BCUT2D eigenvalue weighted by atomic mass is 10.1. The molecule has 4 rings (SSSR count). The minimum atomic E-state index is -0.781. The fourth-order valence-electron chi connectivity index (χ4n) is 2.90. The monoisotopic (exact) mass is 455 g/mol. The number of carbonyl (C=O) groups is 2. The summed E-state index contributed by atoms with van der Waals surface area (Å²) >= 11 is 12.0. The first-order valence-corrected chi connectivity index (χ1v) is 9.57. The van der Waals surface area contributed by atoms with E-state index in [1.165, 1.54) is 42.5 Å². The predicted octanol–water partition coefficient (Wildman–Crippen LogP) is 5.74. The van der Waals surface area contributed by atoms with E-state index in [-0.39, 0.29) is 34.3 Å². The summed E-state index contributed by atoms with van der Waals surface area (Å²) in [6.07, 6.45) is 1.50. The molecule has 0 spiro atoms. The van der Waals surface area contributed by atoms with Gasteiger partial charge in [0.15, 0.2) is 5.76 Å². The van der Waals surface area contributed by atoms with Crippen LogP contribution in [0.15, 0.2) is 66.4 Å². The van der Waals surface area contributed by atoms with E-state index in [9.17, 15) is 19.7 Å². The summed E-state index contributed by atoms with van der Waals surface area (Å²) < 4.78 is 10.9. The average Bonchev–Trinajstić information content (AvgIpc) is 3.05. The van der Waals surface area contributed by atoms with Gasteiger partial charge in [-0.2, -0.15) is 0 Å². The number of carbonyl (C=O) groups excluding carboxylic acids is 2. The summed E-state index contributed by atoms with van der Waals surface area (Å²) in [6.45, 7) is 0. The number of hydrogen-bond acceptors (Lipinski definition) is 6. The molecule has 154 valence electrons. The Morgan fingerprint density at radius 1 is 1.06 bits per heavy atom. The highest BCUT2D eigenvalue weighted by Gasteiger charge is 2.28. The van der Waals surface area contributed by atoms with Crippen LogP contribution < -0.4 is 9.47 Å². The van der Waals surface area contributed by atoms with E-state index in [1.54, 1.807) is 18.2 Å². The number of nitrogens with zero attached hydrogens (tertiary/aromatic N) is 1. The Hall–Kier alpha value is -3.68. The summed E-state index contributed by atoms with van der Waals surface area (Å²) in [5.41, 5.74) is 0.642. The molecule has 0 bridgehead atoms. The lowest BCUT2D eigenvalue weighted by Gasteiger charge is -2.06. The van der Waals surface area contributed by atoms with Crippen LogP contribution in [0, 0.1) is 10.1 Å². The molecule has 0 saturated carbocycles. The number of esters is 1. The molecule has 3 aromatic carbocycles. The van der Waals surface area contributed by atoms with E-state index in [4.69, 9.17) is 32.7 Å². The number of non-ortho nitro benzene ring substituents is 1. The molecule has 0 fully saturated rings. The Labute approximate surface area is 185 Å².